The molecule has 0 bridgehead atoms. The van der Waals surface area contributed by atoms with Crippen LogP contribution >= 0.6 is 11.8 Å². The molecule has 158 valence electrons. The standard InChI is InChI=1S/C21H24N4O3S2/c1-2-29-21-23-22-20(25(21)16-17-7-4-3-5-8-17)18-9-6-10-19(15-18)30(26,27)24-11-13-28-14-12-24/h3-10,15H,2,11-14,16H2,1H3. The van der Waals surface area contributed by atoms with E-state index in [0.717, 1.165) is 22.0 Å². The van der Waals surface area contributed by atoms with E-state index in [1.54, 1.807) is 30.0 Å². The van der Waals surface area contributed by atoms with Crippen molar-refractivity contribution in [1.82, 2.24) is 19.1 Å². The van der Waals surface area contributed by atoms with Crippen LogP contribution in [0.5, 0.6) is 0 Å². The lowest BCUT2D eigenvalue weighted by Crippen LogP contribution is -2.40. The normalized spacial score (nSPS) is 15.4. The number of nitrogens with zero attached hydrogens (tertiary/aromatic N) is 4. The third-order valence-corrected chi connectivity index (χ3v) is 7.62. The van der Waals surface area contributed by atoms with Crippen LogP contribution in [-0.2, 0) is 21.3 Å². The summed E-state index contributed by atoms with van der Waals surface area (Å²) in [6.45, 7) is 4.26. The van der Waals surface area contributed by atoms with Gasteiger partial charge in [0.05, 0.1) is 24.7 Å². The topological polar surface area (TPSA) is 77.3 Å². The van der Waals surface area contributed by atoms with E-state index in [4.69, 9.17) is 4.74 Å². The fraction of sp³-hybridized carbons (Fsp3) is 0.333. The molecule has 3 aromatic rings. The van der Waals surface area contributed by atoms with Crippen LogP contribution in [0.3, 0.4) is 0 Å². The van der Waals surface area contributed by atoms with Crippen LogP contribution in [0.1, 0.15) is 12.5 Å². The molecule has 1 aliphatic rings. The van der Waals surface area contributed by atoms with Gasteiger partial charge >= 0.3 is 0 Å². The van der Waals surface area contributed by atoms with Crippen LogP contribution in [0, 0.1) is 0 Å². The summed E-state index contributed by atoms with van der Waals surface area (Å²) < 4.78 is 35.0. The van der Waals surface area contributed by atoms with E-state index in [9.17, 15) is 8.42 Å². The second kappa shape index (κ2) is 9.30. The van der Waals surface area contributed by atoms with E-state index in [1.165, 1.54) is 4.31 Å². The monoisotopic (exact) mass is 444 g/mol. The first-order valence-electron chi connectivity index (χ1n) is 9.88. The number of morpholine rings is 1. The molecule has 0 spiro atoms. The summed E-state index contributed by atoms with van der Waals surface area (Å²) in [5, 5.41) is 9.58. The lowest BCUT2D eigenvalue weighted by atomic mass is 10.2. The quantitative estimate of drug-likeness (QED) is 0.521. The minimum atomic E-state index is -3.58. The summed E-state index contributed by atoms with van der Waals surface area (Å²) >= 11 is 1.62. The number of rotatable bonds is 7. The maximum atomic E-state index is 13.1. The highest BCUT2D eigenvalue weighted by Crippen LogP contribution is 2.28. The minimum absolute atomic E-state index is 0.265. The molecule has 1 saturated heterocycles. The second-order valence-corrected chi connectivity index (χ2v) is 10.0. The molecule has 0 unspecified atom stereocenters. The van der Waals surface area contributed by atoms with Crippen molar-refractivity contribution in [3.63, 3.8) is 0 Å². The van der Waals surface area contributed by atoms with Gasteiger partial charge in [-0.3, -0.25) is 4.57 Å². The molecule has 2 heterocycles. The maximum Gasteiger partial charge on any atom is 0.243 e. The highest BCUT2D eigenvalue weighted by atomic mass is 32.2. The molecule has 1 aliphatic heterocycles. The average molecular weight is 445 g/mol. The Hall–Kier alpha value is -2.20. The number of benzene rings is 2. The Balaban J connectivity index is 1.71. The van der Waals surface area contributed by atoms with E-state index in [2.05, 4.69) is 29.3 Å². The van der Waals surface area contributed by atoms with Gasteiger partial charge in [-0.1, -0.05) is 61.2 Å². The molecule has 0 radical (unpaired) electrons. The summed E-state index contributed by atoms with van der Waals surface area (Å²) in [5.74, 6) is 1.53. The Labute approximate surface area is 181 Å². The maximum absolute atomic E-state index is 13.1. The third kappa shape index (κ3) is 4.44. The lowest BCUT2D eigenvalue weighted by molar-refractivity contribution is 0.0730. The van der Waals surface area contributed by atoms with Gasteiger partial charge in [-0.15, -0.1) is 10.2 Å². The fourth-order valence-corrected chi connectivity index (χ4v) is 5.50. The van der Waals surface area contributed by atoms with Gasteiger partial charge in [0.15, 0.2) is 11.0 Å². The van der Waals surface area contributed by atoms with Gasteiger partial charge in [0.2, 0.25) is 10.0 Å². The van der Waals surface area contributed by atoms with Gasteiger partial charge in [-0.25, -0.2) is 8.42 Å². The Morgan fingerprint density at radius 2 is 1.80 bits per heavy atom. The van der Waals surface area contributed by atoms with Crippen LogP contribution < -0.4 is 0 Å². The number of ether oxygens (including phenoxy) is 1. The highest BCUT2D eigenvalue weighted by molar-refractivity contribution is 7.99. The minimum Gasteiger partial charge on any atom is -0.379 e. The van der Waals surface area contributed by atoms with Crippen LogP contribution in [0.15, 0.2) is 64.6 Å². The molecule has 0 atom stereocenters. The summed E-state index contributed by atoms with van der Waals surface area (Å²) in [4.78, 5) is 0.265. The summed E-state index contributed by atoms with van der Waals surface area (Å²) in [7, 11) is -3.58. The number of hydrogen-bond donors (Lipinski definition) is 0. The first kappa shape index (κ1) is 21.0. The first-order chi connectivity index (χ1) is 14.6. The van der Waals surface area contributed by atoms with E-state index in [0.29, 0.717) is 38.7 Å². The molecular formula is C21H24N4O3S2. The Morgan fingerprint density at radius 1 is 1.03 bits per heavy atom. The zero-order valence-electron chi connectivity index (χ0n) is 16.8. The zero-order valence-corrected chi connectivity index (χ0v) is 18.4. The van der Waals surface area contributed by atoms with Crippen molar-refractivity contribution < 1.29 is 13.2 Å². The van der Waals surface area contributed by atoms with Gasteiger partial charge in [0, 0.05) is 18.7 Å². The summed E-state index contributed by atoms with van der Waals surface area (Å²) in [6, 6.07) is 17.1. The number of hydrogen-bond acceptors (Lipinski definition) is 6. The molecule has 1 fully saturated rings. The first-order valence-corrected chi connectivity index (χ1v) is 12.3. The van der Waals surface area contributed by atoms with Crippen molar-refractivity contribution >= 4 is 21.8 Å². The van der Waals surface area contributed by atoms with E-state index in [-0.39, 0.29) is 4.90 Å². The largest absolute Gasteiger partial charge is 0.379 e. The smallest absolute Gasteiger partial charge is 0.243 e. The van der Waals surface area contributed by atoms with Crippen LogP contribution in [0.4, 0.5) is 0 Å². The van der Waals surface area contributed by atoms with E-state index < -0.39 is 10.0 Å². The van der Waals surface area contributed by atoms with Gasteiger partial charge in [0.1, 0.15) is 0 Å². The fourth-order valence-electron chi connectivity index (χ4n) is 3.38. The molecular weight excluding hydrogens is 420 g/mol. The van der Waals surface area contributed by atoms with Crippen molar-refractivity contribution in [2.45, 2.75) is 23.5 Å². The molecule has 9 heteroatoms. The number of sulfonamides is 1. The van der Waals surface area contributed by atoms with Crippen molar-refractivity contribution in [1.29, 1.82) is 0 Å². The number of thioether (sulfide) groups is 1. The zero-order chi connectivity index (χ0) is 21.0. The molecule has 0 amide bonds. The number of aromatic nitrogens is 3. The van der Waals surface area contributed by atoms with Gasteiger partial charge in [0.25, 0.3) is 0 Å². The van der Waals surface area contributed by atoms with Crippen molar-refractivity contribution in [3.05, 3.63) is 60.2 Å². The molecule has 2 aromatic carbocycles. The SMILES string of the molecule is CCSc1nnc(-c2cccc(S(=O)(=O)N3CCOCC3)c2)n1Cc1ccccc1. The summed E-state index contributed by atoms with van der Waals surface area (Å²) in [5.41, 5.74) is 1.87. The molecule has 1 aromatic heterocycles. The Morgan fingerprint density at radius 3 is 2.53 bits per heavy atom. The molecule has 0 aliphatic carbocycles. The lowest BCUT2D eigenvalue weighted by Gasteiger charge is -2.26. The molecule has 7 nitrogen and oxygen atoms in total. The average Bonchev–Trinajstić information content (AvgIpc) is 3.17. The predicted octanol–water partition coefficient (Wildman–Crippen LogP) is 3.13. The van der Waals surface area contributed by atoms with Crippen LogP contribution in [-0.4, -0.2) is 59.5 Å². The summed E-state index contributed by atoms with van der Waals surface area (Å²) in [6.07, 6.45) is 0. The van der Waals surface area contributed by atoms with E-state index >= 15 is 0 Å². The molecule has 4 rings (SSSR count). The highest BCUT2D eigenvalue weighted by Gasteiger charge is 2.27. The molecule has 30 heavy (non-hydrogen) atoms. The van der Waals surface area contributed by atoms with Crippen molar-refractivity contribution in [2.75, 3.05) is 32.1 Å². The predicted molar refractivity (Wildman–Crippen MR) is 117 cm³/mol. The Kier molecular flexibility index (Phi) is 6.52. The van der Waals surface area contributed by atoms with Crippen LogP contribution in [0.25, 0.3) is 11.4 Å². The molecule has 0 N–H and O–H groups in total. The van der Waals surface area contributed by atoms with Gasteiger partial charge in [-0.2, -0.15) is 4.31 Å². The van der Waals surface area contributed by atoms with E-state index in [1.807, 2.05) is 28.8 Å². The van der Waals surface area contributed by atoms with Crippen molar-refractivity contribution in [2.24, 2.45) is 0 Å². The van der Waals surface area contributed by atoms with Gasteiger partial charge < -0.3 is 4.74 Å². The molecule has 0 saturated carbocycles. The Bertz CT molecular complexity index is 1090. The second-order valence-electron chi connectivity index (χ2n) is 6.86. The third-order valence-electron chi connectivity index (χ3n) is 4.87. The van der Waals surface area contributed by atoms with Crippen molar-refractivity contribution in [3.8, 4) is 11.4 Å². The van der Waals surface area contributed by atoms with Crippen LogP contribution in [0.2, 0.25) is 0 Å². The van der Waals surface area contributed by atoms with Gasteiger partial charge in [-0.05, 0) is 23.4 Å².